The van der Waals surface area contributed by atoms with Gasteiger partial charge in [-0.15, -0.1) is 0 Å². The van der Waals surface area contributed by atoms with E-state index in [1.807, 2.05) is 0 Å². The number of hydrogen-bond donors (Lipinski definition) is 2. The van der Waals surface area contributed by atoms with Gasteiger partial charge in [-0.05, 0) is 42.8 Å². The van der Waals surface area contributed by atoms with Crippen LogP contribution < -0.4 is 5.32 Å². The molecule has 2 N–H and O–H groups in total. The van der Waals surface area contributed by atoms with Crippen LogP contribution in [0.4, 0.5) is 10.1 Å². The molecule has 0 bridgehead atoms. The number of thioether (sulfide) groups is 1. The summed E-state index contributed by atoms with van der Waals surface area (Å²) < 4.78 is 14.2. The fraction of sp³-hybridized carbons (Fsp3) is 0.143. The molecule has 1 aliphatic rings. The highest BCUT2D eigenvalue weighted by atomic mass is 32.2. The second-order valence-corrected chi connectivity index (χ2v) is 8.06. The van der Waals surface area contributed by atoms with E-state index in [1.165, 1.54) is 41.3 Å². The van der Waals surface area contributed by atoms with Gasteiger partial charge >= 0.3 is 5.97 Å². The summed E-state index contributed by atoms with van der Waals surface area (Å²) in [6, 6.07) is 12.0. The Morgan fingerprint density at radius 2 is 1.87 bits per heavy atom. The van der Waals surface area contributed by atoms with E-state index in [-0.39, 0.29) is 30.3 Å². The van der Waals surface area contributed by atoms with E-state index in [1.54, 1.807) is 18.2 Å². The number of carbonyl (C=O) groups is 3. The molecule has 1 saturated heterocycles. The van der Waals surface area contributed by atoms with Gasteiger partial charge in [0.25, 0.3) is 5.91 Å². The van der Waals surface area contributed by atoms with Crippen LogP contribution in [0, 0.1) is 5.82 Å². The van der Waals surface area contributed by atoms with E-state index in [0.717, 1.165) is 11.8 Å². The largest absolute Gasteiger partial charge is 0.478 e. The summed E-state index contributed by atoms with van der Waals surface area (Å²) in [6.45, 7) is 0.269. The number of rotatable bonds is 7. The maximum absolute atomic E-state index is 13.8. The quantitative estimate of drug-likeness (QED) is 0.493. The molecule has 2 aromatic carbocycles. The summed E-state index contributed by atoms with van der Waals surface area (Å²) in [5.41, 5.74) is 0.931. The lowest BCUT2D eigenvalue weighted by molar-refractivity contribution is -0.122. The van der Waals surface area contributed by atoms with Crippen molar-refractivity contribution in [1.82, 2.24) is 4.90 Å². The minimum absolute atomic E-state index is 0.130. The molecule has 30 heavy (non-hydrogen) atoms. The number of nitrogens with one attached hydrogen (secondary N) is 1. The van der Waals surface area contributed by atoms with Crippen LogP contribution in [-0.2, 0) is 9.59 Å². The lowest BCUT2D eigenvalue weighted by Crippen LogP contribution is -2.29. The summed E-state index contributed by atoms with van der Waals surface area (Å²) in [6.07, 6.45) is 2.02. The molecule has 2 aromatic rings. The second kappa shape index (κ2) is 9.64. The molecule has 0 unspecified atom stereocenters. The molecule has 1 heterocycles. The van der Waals surface area contributed by atoms with Crippen molar-refractivity contribution < 1.29 is 23.9 Å². The topological polar surface area (TPSA) is 86.7 Å². The Hall–Kier alpha value is -3.04. The van der Waals surface area contributed by atoms with Crippen LogP contribution in [0.5, 0.6) is 0 Å². The molecule has 2 amide bonds. The minimum atomic E-state index is -1.04. The number of carbonyl (C=O) groups excluding carboxylic acids is 2. The molecule has 0 aliphatic carbocycles. The average Bonchev–Trinajstić information content (AvgIpc) is 2.97. The van der Waals surface area contributed by atoms with Crippen molar-refractivity contribution in [3.05, 3.63) is 70.4 Å². The molecule has 0 radical (unpaired) electrons. The molecule has 0 spiro atoms. The average molecular weight is 445 g/mol. The lowest BCUT2D eigenvalue weighted by Gasteiger charge is -2.14. The van der Waals surface area contributed by atoms with Crippen molar-refractivity contribution in [2.45, 2.75) is 12.8 Å². The molecular formula is C21H17FN2O4S2. The Morgan fingerprint density at radius 1 is 1.17 bits per heavy atom. The second-order valence-electron chi connectivity index (χ2n) is 6.39. The third-order valence-electron chi connectivity index (χ3n) is 4.27. The highest BCUT2D eigenvalue weighted by Gasteiger charge is 2.31. The number of benzene rings is 2. The Balaban J connectivity index is 1.52. The summed E-state index contributed by atoms with van der Waals surface area (Å²) in [5, 5.41) is 11.6. The molecule has 0 atom stereocenters. The van der Waals surface area contributed by atoms with Gasteiger partial charge in [-0.1, -0.05) is 42.2 Å². The van der Waals surface area contributed by atoms with Gasteiger partial charge in [0.15, 0.2) is 0 Å². The van der Waals surface area contributed by atoms with Crippen molar-refractivity contribution in [3.63, 3.8) is 0 Å². The lowest BCUT2D eigenvalue weighted by atomic mass is 10.2. The predicted octanol–water partition coefficient (Wildman–Crippen LogP) is 4.14. The number of thiocarbonyl (C=S) groups is 1. The van der Waals surface area contributed by atoms with Crippen LogP contribution in [0.1, 0.15) is 28.8 Å². The van der Waals surface area contributed by atoms with Gasteiger partial charge in [0.05, 0.1) is 10.5 Å². The van der Waals surface area contributed by atoms with Crippen LogP contribution in [-0.4, -0.2) is 38.7 Å². The Bertz CT molecular complexity index is 1040. The maximum Gasteiger partial charge on any atom is 0.335 e. The first-order chi connectivity index (χ1) is 14.3. The number of aromatic carboxylic acids is 1. The standard InChI is InChI=1S/C21H17FN2O4S2/c22-16-5-2-1-4-14(16)12-17-19(26)24(21(29)30-17)11-3-6-18(25)23-15-9-7-13(8-10-15)20(27)28/h1-2,4-5,7-10,12H,3,6,11H2,(H,23,25)(H,27,28)/b17-12-. The van der Waals surface area contributed by atoms with Crippen molar-refractivity contribution in [3.8, 4) is 0 Å². The first kappa shape index (κ1) is 21.7. The Labute approximate surface area is 181 Å². The zero-order chi connectivity index (χ0) is 21.7. The van der Waals surface area contributed by atoms with Crippen molar-refractivity contribution in [1.29, 1.82) is 0 Å². The SMILES string of the molecule is O=C(CCCN1C(=O)/C(=C/c2ccccc2F)SC1=S)Nc1ccc(C(=O)O)cc1. The predicted molar refractivity (Wildman–Crippen MR) is 118 cm³/mol. The van der Waals surface area contributed by atoms with Gasteiger partial charge in [-0.2, -0.15) is 0 Å². The molecule has 0 aromatic heterocycles. The summed E-state index contributed by atoms with van der Waals surface area (Å²) >= 11 is 6.35. The first-order valence-corrected chi connectivity index (χ1v) is 10.2. The normalized spacial score (nSPS) is 15.0. The van der Waals surface area contributed by atoms with E-state index >= 15 is 0 Å². The third-order valence-corrected chi connectivity index (χ3v) is 5.64. The highest BCUT2D eigenvalue weighted by Crippen LogP contribution is 2.33. The third kappa shape index (κ3) is 5.31. The van der Waals surface area contributed by atoms with Crippen LogP contribution in [0.15, 0.2) is 53.4 Å². The number of carboxylic acid groups (broad SMARTS) is 1. The molecule has 1 aliphatic heterocycles. The van der Waals surface area contributed by atoms with Crippen LogP contribution in [0.2, 0.25) is 0 Å². The Kier molecular flexibility index (Phi) is 6.96. The number of anilines is 1. The molecule has 0 saturated carbocycles. The van der Waals surface area contributed by atoms with E-state index < -0.39 is 11.8 Å². The van der Waals surface area contributed by atoms with Crippen molar-refractivity contribution in [2.75, 3.05) is 11.9 Å². The number of hydrogen-bond acceptors (Lipinski definition) is 5. The Morgan fingerprint density at radius 3 is 2.53 bits per heavy atom. The van der Waals surface area contributed by atoms with Gasteiger partial charge in [0.1, 0.15) is 10.1 Å². The van der Waals surface area contributed by atoms with Gasteiger partial charge in [-0.3, -0.25) is 14.5 Å². The van der Waals surface area contributed by atoms with Gasteiger partial charge in [-0.25, -0.2) is 9.18 Å². The number of carboxylic acids is 1. The van der Waals surface area contributed by atoms with Gasteiger partial charge in [0, 0.05) is 24.2 Å². The summed E-state index contributed by atoms with van der Waals surface area (Å²) in [7, 11) is 0. The smallest absolute Gasteiger partial charge is 0.335 e. The van der Waals surface area contributed by atoms with Crippen LogP contribution in [0.3, 0.4) is 0 Å². The van der Waals surface area contributed by atoms with E-state index in [2.05, 4.69) is 5.32 Å². The van der Waals surface area contributed by atoms with E-state index in [9.17, 15) is 18.8 Å². The molecule has 154 valence electrons. The zero-order valence-corrected chi connectivity index (χ0v) is 17.3. The first-order valence-electron chi connectivity index (χ1n) is 8.98. The zero-order valence-electron chi connectivity index (χ0n) is 15.6. The fourth-order valence-corrected chi connectivity index (χ4v) is 4.04. The molecule has 3 rings (SSSR count). The molecule has 9 heteroatoms. The number of nitrogens with zero attached hydrogens (tertiary/aromatic N) is 1. The van der Waals surface area contributed by atoms with Crippen LogP contribution >= 0.6 is 24.0 Å². The monoisotopic (exact) mass is 444 g/mol. The molecule has 6 nitrogen and oxygen atoms in total. The van der Waals surface area contributed by atoms with Crippen molar-refractivity contribution in [2.24, 2.45) is 0 Å². The molecular weight excluding hydrogens is 427 g/mol. The van der Waals surface area contributed by atoms with E-state index in [0.29, 0.717) is 26.9 Å². The summed E-state index contributed by atoms with van der Waals surface area (Å²) in [4.78, 5) is 37.2. The van der Waals surface area contributed by atoms with Gasteiger partial charge in [0.2, 0.25) is 5.91 Å². The number of amides is 2. The maximum atomic E-state index is 13.8. The van der Waals surface area contributed by atoms with Crippen molar-refractivity contribution >= 4 is 57.8 Å². The number of halogens is 1. The highest BCUT2D eigenvalue weighted by molar-refractivity contribution is 8.26. The van der Waals surface area contributed by atoms with Gasteiger partial charge < -0.3 is 10.4 Å². The molecule has 1 fully saturated rings. The van der Waals surface area contributed by atoms with Crippen LogP contribution in [0.25, 0.3) is 6.08 Å². The summed E-state index contributed by atoms with van der Waals surface area (Å²) in [5.74, 6) is -2.03. The van der Waals surface area contributed by atoms with E-state index in [4.69, 9.17) is 17.3 Å². The minimum Gasteiger partial charge on any atom is -0.478 e. The fourth-order valence-electron chi connectivity index (χ4n) is 2.74.